The summed E-state index contributed by atoms with van der Waals surface area (Å²) >= 11 is 1.03. The molecule has 17 nitrogen and oxygen atoms in total. The minimum Gasteiger partial charge on any atom is -0.423 e. The Morgan fingerprint density at radius 2 is 0.782 bits per heavy atom. The second kappa shape index (κ2) is 27.5. The smallest absolute Gasteiger partial charge is 0.423 e. The fourth-order valence-electron chi connectivity index (χ4n) is 11.3. The van der Waals surface area contributed by atoms with Crippen LogP contribution >= 0.6 is 11.8 Å². The molecule has 7 N–H and O–H groups in total. The van der Waals surface area contributed by atoms with E-state index in [1.165, 1.54) is 0 Å². The fourth-order valence-corrected chi connectivity index (χ4v) is 11.9. The number of nitro groups is 3. The molecule has 20 heteroatoms. The van der Waals surface area contributed by atoms with Crippen molar-refractivity contribution in [1.29, 1.82) is 5.26 Å². The van der Waals surface area contributed by atoms with Crippen LogP contribution in [0.5, 0.6) is 0 Å². The highest BCUT2D eigenvalue weighted by Crippen LogP contribution is 2.43. The van der Waals surface area contributed by atoms with E-state index in [0.717, 1.165) is 117 Å². The SMILES string of the molecule is N#CSc1ccccc1C(C[N+](=O)[O-])c1c(-c2ccccc2)[nH]c2ccccc12.O=[N+]([O-])CC(c1ccccc1)c1c(-c2ccc(B(O)O)cc2)[nH]c2ccccc12.O=[N+]([O-])CC(c1ccccc1)c1c(-c2cccc(B(O)O)c2)[nH]c2ccccc12. The highest BCUT2D eigenvalue weighted by molar-refractivity contribution is 8.03. The number of rotatable bonds is 18. The third kappa shape index (κ3) is 13.8. The second-order valence-corrected chi connectivity index (χ2v) is 21.3. The van der Waals surface area contributed by atoms with Crippen LogP contribution in [0.1, 0.15) is 51.1 Å². The minimum absolute atomic E-state index is 0.230. The van der Waals surface area contributed by atoms with E-state index in [1.807, 2.05) is 194 Å². The van der Waals surface area contributed by atoms with Crippen LogP contribution in [0.2, 0.25) is 0 Å². The first-order valence-electron chi connectivity index (χ1n) is 27.7. The lowest BCUT2D eigenvalue weighted by atomic mass is 9.79. The van der Waals surface area contributed by atoms with E-state index >= 15 is 0 Å². The molecule has 0 aliphatic rings. The minimum atomic E-state index is -1.59. The highest BCUT2D eigenvalue weighted by Gasteiger charge is 2.32. The van der Waals surface area contributed by atoms with Crippen LogP contribution in [-0.2, 0) is 0 Å². The molecular weight excluding hydrogens is 1120 g/mol. The van der Waals surface area contributed by atoms with Gasteiger partial charge in [0, 0.05) is 52.4 Å². The van der Waals surface area contributed by atoms with Crippen LogP contribution in [-0.4, -0.2) is 83.7 Å². The number of nitriles is 1. The maximum absolute atomic E-state index is 11.7. The van der Waals surface area contributed by atoms with Gasteiger partial charge in [0.1, 0.15) is 5.40 Å². The molecule has 0 aliphatic carbocycles. The maximum atomic E-state index is 11.7. The number of para-hydroxylation sites is 3. The number of aromatic amines is 3. The molecule has 0 aliphatic heterocycles. The lowest BCUT2D eigenvalue weighted by Crippen LogP contribution is -2.29. The van der Waals surface area contributed by atoms with Gasteiger partial charge >= 0.3 is 14.2 Å². The number of fused-ring (bicyclic) bond motifs is 3. The van der Waals surface area contributed by atoms with Gasteiger partial charge in [-0.1, -0.05) is 212 Å². The molecule has 3 atom stereocenters. The van der Waals surface area contributed by atoms with E-state index in [0.29, 0.717) is 10.9 Å². The van der Waals surface area contributed by atoms with Crippen LogP contribution in [0.15, 0.2) is 241 Å². The van der Waals surface area contributed by atoms with Crippen molar-refractivity contribution in [3.63, 3.8) is 0 Å². The van der Waals surface area contributed by atoms with E-state index in [2.05, 4.69) is 20.4 Å². The Kier molecular flexibility index (Phi) is 18.9. The van der Waals surface area contributed by atoms with Crippen molar-refractivity contribution in [3.8, 4) is 39.2 Å². The first kappa shape index (κ1) is 59.8. The van der Waals surface area contributed by atoms with Crippen molar-refractivity contribution in [1.82, 2.24) is 15.0 Å². The van der Waals surface area contributed by atoms with Gasteiger partial charge < -0.3 is 35.0 Å². The number of hydrogen-bond acceptors (Lipinski definition) is 12. The van der Waals surface area contributed by atoms with Gasteiger partial charge in [0.2, 0.25) is 19.6 Å². The number of benzene rings is 9. The Bertz CT molecular complexity index is 4410. The van der Waals surface area contributed by atoms with Gasteiger partial charge in [-0.05, 0) is 97.0 Å². The van der Waals surface area contributed by atoms with E-state index in [-0.39, 0.29) is 34.4 Å². The molecule has 0 saturated carbocycles. The number of nitrogens with one attached hydrogen (secondary N) is 3. The first-order chi connectivity index (χ1) is 42.3. The summed E-state index contributed by atoms with van der Waals surface area (Å²) in [4.78, 5) is 44.8. The largest absolute Gasteiger partial charge is 0.488 e. The van der Waals surface area contributed by atoms with Crippen LogP contribution < -0.4 is 10.9 Å². The lowest BCUT2D eigenvalue weighted by Gasteiger charge is -2.18. The third-order valence-electron chi connectivity index (χ3n) is 15.2. The molecule has 3 heterocycles. The molecule has 0 radical (unpaired) electrons. The molecular formula is C67H55B2N7O10S. The Morgan fingerprint density at radius 1 is 0.414 bits per heavy atom. The maximum Gasteiger partial charge on any atom is 0.488 e. The summed E-state index contributed by atoms with van der Waals surface area (Å²) in [5.74, 6) is -1.38. The molecule has 12 aromatic rings. The van der Waals surface area contributed by atoms with E-state index in [4.69, 9.17) is 0 Å². The third-order valence-corrected chi connectivity index (χ3v) is 15.8. The first-order valence-corrected chi connectivity index (χ1v) is 28.5. The molecule has 3 aromatic heterocycles. The summed E-state index contributed by atoms with van der Waals surface area (Å²) in [6, 6.07) is 73.2. The van der Waals surface area contributed by atoms with Crippen molar-refractivity contribution in [2.24, 2.45) is 0 Å². The summed E-state index contributed by atoms with van der Waals surface area (Å²) < 4.78 is 0. The average molecular weight is 1170 g/mol. The summed E-state index contributed by atoms with van der Waals surface area (Å²) in [6.45, 7) is -0.738. The number of hydrogen-bond donors (Lipinski definition) is 7. The van der Waals surface area contributed by atoms with Crippen molar-refractivity contribution < 1.29 is 34.9 Å². The van der Waals surface area contributed by atoms with Gasteiger partial charge in [0.05, 0.1) is 34.8 Å². The predicted octanol–water partition coefficient (Wildman–Crippen LogP) is 11.7. The van der Waals surface area contributed by atoms with Crippen molar-refractivity contribution in [2.45, 2.75) is 22.6 Å². The van der Waals surface area contributed by atoms with Gasteiger partial charge in [0.25, 0.3) is 0 Å². The predicted molar refractivity (Wildman–Crippen MR) is 343 cm³/mol. The van der Waals surface area contributed by atoms with Crippen LogP contribution in [0, 0.1) is 41.0 Å². The molecule has 0 amide bonds. The fraction of sp³-hybridized carbons (Fsp3) is 0.0896. The van der Waals surface area contributed by atoms with Gasteiger partial charge in [-0.3, -0.25) is 30.3 Å². The zero-order chi connectivity index (χ0) is 61.0. The Morgan fingerprint density at radius 3 is 1.23 bits per heavy atom. The summed E-state index contributed by atoms with van der Waals surface area (Å²) in [7, 11) is -3.13. The quantitative estimate of drug-likeness (QED) is 0.0139. The van der Waals surface area contributed by atoms with Crippen LogP contribution in [0.3, 0.4) is 0 Å². The summed E-state index contributed by atoms with van der Waals surface area (Å²) in [6.07, 6.45) is 0. The van der Waals surface area contributed by atoms with Crippen molar-refractivity contribution >= 4 is 69.6 Å². The molecule has 0 saturated heterocycles. The monoisotopic (exact) mass is 1170 g/mol. The molecule has 430 valence electrons. The average Bonchev–Trinajstić information content (AvgIpc) is 3.04. The van der Waals surface area contributed by atoms with Crippen LogP contribution in [0.4, 0.5) is 0 Å². The second-order valence-electron chi connectivity index (χ2n) is 20.5. The zero-order valence-electron chi connectivity index (χ0n) is 46.5. The molecule has 9 aromatic carbocycles. The number of H-pyrrole nitrogens is 3. The Labute approximate surface area is 504 Å². The number of thiocyanates is 1. The zero-order valence-corrected chi connectivity index (χ0v) is 47.3. The van der Waals surface area contributed by atoms with Crippen molar-refractivity contribution in [3.05, 3.63) is 300 Å². The molecule has 0 bridgehead atoms. The van der Waals surface area contributed by atoms with Gasteiger partial charge in [-0.25, -0.2) is 0 Å². The van der Waals surface area contributed by atoms with Gasteiger partial charge in [-0.15, -0.1) is 0 Å². The number of thioether (sulfide) groups is 1. The summed E-state index contributed by atoms with van der Waals surface area (Å²) in [5.41, 5.74) is 13.5. The molecule has 12 rings (SSSR count). The van der Waals surface area contributed by atoms with E-state index in [9.17, 15) is 55.7 Å². The highest BCUT2D eigenvalue weighted by atomic mass is 32.2. The van der Waals surface area contributed by atoms with E-state index in [1.54, 1.807) is 42.5 Å². The summed E-state index contributed by atoms with van der Waals surface area (Å²) in [5, 5.41) is 86.7. The number of aromatic nitrogens is 3. The topological polar surface area (TPSA) is 282 Å². The van der Waals surface area contributed by atoms with E-state index < -0.39 is 32.0 Å². The Balaban J connectivity index is 0.000000144. The van der Waals surface area contributed by atoms with Crippen molar-refractivity contribution in [2.75, 3.05) is 19.6 Å². The molecule has 0 spiro atoms. The van der Waals surface area contributed by atoms with Gasteiger partial charge in [0.15, 0.2) is 0 Å². The molecule has 0 fully saturated rings. The lowest BCUT2D eigenvalue weighted by molar-refractivity contribution is -0.481. The standard InChI is InChI=1S/C23H17N3O2S.2C22H19BN2O4/c24-15-29-21-13-7-5-10-17(21)19(14-26(27)28)22-18-11-4-6-12-20(18)25-23(22)16-8-2-1-3-9-16;26-23(27)17-10-6-9-16(13-17)22-21(18-11-4-5-12-20(18)24-22)19(14-25(28)29)15-7-2-1-3-8-15;26-23(27)17-12-10-16(11-13-17)22-21(18-8-4-5-9-20(18)24-22)19(14-25(28)29)15-6-2-1-3-7-15/h1-13,19,25H,14H2;2*1-13,19,24,26-27H,14H2. The number of nitrogens with zero attached hydrogens (tertiary/aromatic N) is 4. The normalized spacial score (nSPS) is 12.0. The van der Waals surface area contributed by atoms with Gasteiger partial charge in [-0.2, -0.15) is 5.26 Å². The molecule has 87 heavy (non-hydrogen) atoms. The van der Waals surface area contributed by atoms with Crippen LogP contribution in [0.25, 0.3) is 66.5 Å². The Hall–Kier alpha value is -10.4. The molecule has 3 unspecified atom stereocenters.